The van der Waals surface area contributed by atoms with Crippen molar-refractivity contribution in [1.29, 1.82) is 0 Å². The van der Waals surface area contributed by atoms with Crippen LogP contribution in [0.1, 0.15) is 37.0 Å². The standard InChI is InChI=1S/C16H19N3O5/c1-3-4-13(21)11-5-6-14-12(7-11)19(16(23)9-24-14)8-15(22)18-17-10(2)20/h5-7H,3-4,8-9H2,1-2H3,(H,17,20)(H,18,22). The molecule has 0 spiro atoms. The zero-order valence-corrected chi connectivity index (χ0v) is 13.5. The molecule has 0 radical (unpaired) electrons. The SMILES string of the molecule is CCCC(=O)c1ccc2c(c1)N(CC(=O)NNC(C)=O)C(=O)CO2. The van der Waals surface area contributed by atoms with E-state index in [1.54, 1.807) is 18.2 Å². The van der Waals surface area contributed by atoms with E-state index >= 15 is 0 Å². The predicted octanol–water partition coefficient (Wildman–Crippen LogP) is 0.562. The molecule has 0 saturated heterocycles. The minimum Gasteiger partial charge on any atom is -0.482 e. The summed E-state index contributed by atoms with van der Waals surface area (Å²) in [5.41, 5.74) is 5.18. The number of amides is 3. The van der Waals surface area contributed by atoms with Gasteiger partial charge in [-0.15, -0.1) is 0 Å². The van der Waals surface area contributed by atoms with Gasteiger partial charge in [0, 0.05) is 18.9 Å². The van der Waals surface area contributed by atoms with Crippen molar-refractivity contribution >= 4 is 29.2 Å². The molecule has 2 N–H and O–H groups in total. The maximum absolute atomic E-state index is 12.1. The van der Waals surface area contributed by atoms with E-state index in [0.717, 1.165) is 0 Å². The smallest absolute Gasteiger partial charge is 0.265 e. The fraction of sp³-hybridized carbons (Fsp3) is 0.375. The minimum absolute atomic E-state index is 0.0408. The van der Waals surface area contributed by atoms with E-state index in [-0.39, 0.29) is 18.9 Å². The van der Waals surface area contributed by atoms with Crippen LogP contribution >= 0.6 is 0 Å². The molecule has 0 fully saturated rings. The number of ketones is 1. The number of nitrogens with one attached hydrogen (secondary N) is 2. The summed E-state index contributed by atoms with van der Waals surface area (Å²) in [5, 5.41) is 0. The van der Waals surface area contributed by atoms with E-state index in [1.807, 2.05) is 6.92 Å². The van der Waals surface area contributed by atoms with Gasteiger partial charge in [0.05, 0.1) is 5.69 Å². The first-order chi connectivity index (χ1) is 11.4. The zero-order valence-electron chi connectivity index (χ0n) is 13.5. The van der Waals surface area contributed by atoms with Crippen molar-refractivity contribution < 1.29 is 23.9 Å². The Morgan fingerprint density at radius 2 is 2.00 bits per heavy atom. The van der Waals surface area contributed by atoms with E-state index in [4.69, 9.17) is 4.74 Å². The summed E-state index contributed by atoms with van der Waals surface area (Å²) in [7, 11) is 0. The fourth-order valence-corrected chi connectivity index (χ4v) is 2.26. The van der Waals surface area contributed by atoms with Gasteiger partial charge in [0.25, 0.3) is 11.8 Å². The Labute approximate surface area is 139 Å². The summed E-state index contributed by atoms with van der Waals surface area (Å²) in [4.78, 5) is 48.1. The quantitative estimate of drug-likeness (QED) is 0.605. The topological polar surface area (TPSA) is 105 Å². The van der Waals surface area contributed by atoms with Crippen LogP contribution in [0, 0.1) is 0 Å². The number of anilines is 1. The van der Waals surface area contributed by atoms with Crippen LogP contribution in [0.5, 0.6) is 5.75 Å². The van der Waals surface area contributed by atoms with Crippen molar-refractivity contribution in [3.05, 3.63) is 23.8 Å². The summed E-state index contributed by atoms with van der Waals surface area (Å²) < 4.78 is 5.34. The van der Waals surface area contributed by atoms with Crippen molar-refractivity contribution in [3.63, 3.8) is 0 Å². The highest BCUT2D eigenvalue weighted by Crippen LogP contribution is 2.33. The van der Waals surface area contributed by atoms with Gasteiger partial charge in [0.2, 0.25) is 5.91 Å². The monoisotopic (exact) mass is 333 g/mol. The summed E-state index contributed by atoms with van der Waals surface area (Å²) in [6, 6.07) is 4.81. The van der Waals surface area contributed by atoms with Gasteiger partial charge in [-0.1, -0.05) is 6.92 Å². The fourth-order valence-electron chi connectivity index (χ4n) is 2.26. The Morgan fingerprint density at radius 1 is 1.25 bits per heavy atom. The number of nitrogens with zero attached hydrogens (tertiary/aromatic N) is 1. The van der Waals surface area contributed by atoms with E-state index in [0.29, 0.717) is 29.8 Å². The lowest BCUT2D eigenvalue weighted by Gasteiger charge is -2.29. The van der Waals surface area contributed by atoms with Crippen LogP contribution in [0.2, 0.25) is 0 Å². The third-order valence-electron chi connectivity index (χ3n) is 3.38. The molecule has 1 heterocycles. The summed E-state index contributed by atoms with van der Waals surface area (Å²) in [5.74, 6) is -1.00. The average molecular weight is 333 g/mol. The summed E-state index contributed by atoms with van der Waals surface area (Å²) in [6.45, 7) is 2.67. The predicted molar refractivity (Wildman–Crippen MR) is 85.5 cm³/mol. The molecular weight excluding hydrogens is 314 g/mol. The number of rotatable bonds is 5. The molecule has 0 bridgehead atoms. The van der Waals surface area contributed by atoms with Crippen molar-refractivity contribution in [2.75, 3.05) is 18.1 Å². The first kappa shape index (κ1) is 17.5. The molecule has 1 aromatic carbocycles. The zero-order chi connectivity index (χ0) is 17.7. The van der Waals surface area contributed by atoms with Crippen molar-refractivity contribution in [1.82, 2.24) is 10.9 Å². The van der Waals surface area contributed by atoms with Gasteiger partial charge >= 0.3 is 0 Å². The molecule has 128 valence electrons. The van der Waals surface area contributed by atoms with Crippen LogP contribution in [-0.2, 0) is 14.4 Å². The largest absolute Gasteiger partial charge is 0.482 e. The molecule has 0 aromatic heterocycles. The van der Waals surface area contributed by atoms with Crippen LogP contribution in [0.25, 0.3) is 0 Å². The van der Waals surface area contributed by atoms with Crippen molar-refractivity contribution in [3.8, 4) is 5.75 Å². The molecular formula is C16H19N3O5. The Bertz CT molecular complexity index is 686. The maximum Gasteiger partial charge on any atom is 0.265 e. The van der Waals surface area contributed by atoms with Gasteiger partial charge in [-0.05, 0) is 24.6 Å². The van der Waals surface area contributed by atoms with Gasteiger partial charge in [-0.25, -0.2) is 0 Å². The highest BCUT2D eigenvalue weighted by atomic mass is 16.5. The van der Waals surface area contributed by atoms with Crippen molar-refractivity contribution in [2.24, 2.45) is 0 Å². The van der Waals surface area contributed by atoms with Crippen LogP contribution in [-0.4, -0.2) is 36.7 Å². The molecule has 8 nitrogen and oxygen atoms in total. The molecule has 1 aliphatic rings. The molecule has 2 rings (SSSR count). The molecule has 0 saturated carbocycles. The van der Waals surface area contributed by atoms with E-state index in [2.05, 4.69) is 10.9 Å². The number of hydrogen-bond acceptors (Lipinski definition) is 5. The second-order valence-corrected chi connectivity index (χ2v) is 5.35. The van der Waals surface area contributed by atoms with Gasteiger partial charge in [-0.2, -0.15) is 0 Å². The van der Waals surface area contributed by atoms with Crippen molar-refractivity contribution in [2.45, 2.75) is 26.7 Å². The lowest BCUT2D eigenvalue weighted by Crippen LogP contribution is -2.49. The molecule has 0 aliphatic carbocycles. The number of carbonyl (C=O) groups excluding carboxylic acids is 4. The number of hydrogen-bond donors (Lipinski definition) is 2. The average Bonchev–Trinajstić information content (AvgIpc) is 2.55. The second kappa shape index (κ2) is 7.58. The lowest BCUT2D eigenvalue weighted by molar-refractivity contribution is -0.128. The first-order valence-electron chi connectivity index (χ1n) is 7.58. The highest BCUT2D eigenvalue weighted by molar-refractivity contribution is 6.04. The Balaban J connectivity index is 2.22. The molecule has 1 aliphatic heterocycles. The van der Waals surface area contributed by atoms with Crippen LogP contribution in [0.4, 0.5) is 5.69 Å². The molecule has 8 heteroatoms. The Morgan fingerprint density at radius 3 is 2.67 bits per heavy atom. The number of fused-ring (bicyclic) bond motifs is 1. The number of hydrazine groups is 1. The van der Waals surface area contributed by atoms with E-state index in [1.165, 1.54) is 11.8 Å². The number of ether oxygens (including phenoxy) is 1. The van der Waals surface area contributed by atoms with Crippen LogP contribution < -0.4 is 20.5 Å². The lowest BCUT2D eigenvalue weighted by atomic mass is 10.0. The molecule has 0 unspecified atom stereocenters. The van der Waals surface area contributed by atoms with Crippen LogP contribution in [0.3, 0.4) is 0 Å². The van der Waals surface area contributed by atoms with Gasteiger partial charge in [0.1, 0.15) is 12.3 Å². The molecule has 3 amide bonds. The third-order valence-corrected chi connectivity index (χ3v) is 3.38. The van der Waals surface area contributed by atoms with Crippen LogP contribution in [0.15, 0.2) is 18.2 Å². The molecule has 0 atom stereocenters. The minimum atomic E-state index is -0.559. The molecule has 24 heavy (non-hydrogen) atoms. The first-order valence-corrected chi connectivity index (χ1v) is 7.58. The van der Waals surface area contributed by atoms with E-state index < -0.39 is 17.7 Å². The maximum atomic E-state index is 12.1. The van der Waals surface area contributed by atoms with E-state index in [9.17, 15) is 19.2 Å². The second-order valence-electron chi connectivity index (χ2n) is 5.35. The Hall–Kier alpha value is -2.90. The number of benzene rings is 1. The number of carbonyl (C=O) groups is 4. The number of Topliss-reactive ketones (excluding diaryl/α,β-unsaturated/α-hetero) is 1. The highest BCUT2D eigenvalue weighted by Gasteiger charge is 2.28. The van der Waals surface area contributed by atoms with Gasteiger partial charge < -0.3 is 4.74 Å². The normalized spacial score (nSPS) is 12.9. The summed E-state index contributed by atoms with van der Waals surface area (Å²) in [6.07, 6.45) is 1.12. The Kier molecular flexibility index (Phi) is 5.51. The molecule has 1 aromatic rings. The van der Waals surface area contributed by atoms with Gasteiger partial charge in [0.15, 0.2) is 12.4 Å². The van der Waals surface area contributed by atoms with Gasteiger partial charge in [-0.3, -0.25) is 34.9 Å². The summed E-state index contributed by atoms with van der Waals surface area (Å²) >= 11 is 0. The third kappa shape index (κ3) is 4.09.